The Bertz CT molecular complexity index is 1970. The van der Waals surface area contributed by atoms with Crippen LogP contribution < -0.4 is 20.1 Å². The summed E-state index contributed by atoms with van der Waals surface area (Å²) in [6, 6.07) is 18.4. The van der Waals surface area contributed by atoms with E-state index in [9.17, 15) is 17.6 Å². The van der Waals surface area contributed by atoms with Crippen LogP contribution in [0.1, 0.15) is 16.0 Å². The summed E-state index contributed by atoms with van der Waals surface area (Å²) in [6.45, 7) is 1.93. The first kappa shape index (κ1) is 29.8. The SMILES string of the molecule is Cc1ccc(S(=O)(=O)NC(=O)NCC#Cc2cc3ncnc(Nc4ccc(OCc5cccc(F)c5)c(Cl)c4)c3s2)cc1. The Morgan fingerprint density at radius 2 is 1.88 bits per heavy atom. The highest BCUT2D eigenvalue weighted by Gasteiger charge is 2.17. The van der Waals surface area contributed by atoms with Crippen LogP contribution in [0.4, 0.5) is 20.7 Å². The van der Waals surface area contributed by atoms with Crippen LogP contribution in [0.15, 0.2) is 84.0 Å². The first-order chi connectivity index (χ1) is 20.7. The lowest BCUT2D eigenvalue weighted by Gasteiger charge is -2.11. The van der Waals surface area contributed by atoms with Crippen LogP contribution in [0.2, 0.25) is 5.02 Å². The maximum atomic E-state index is 13.4. The molecule has 218 valence electrons. The number of ether oxygens (including phenoxy) is 1. The third kappa shape index (κ3) is 7.78. The summed E-state index contributed by atoms with van der Waals surface area (Å²) < 4.78 is 46.6. The van der Waals surface area contributed by atoms with Gasteiger partial charge in [0.25, 0.3) is 10.0 Å². The number of hydrogen-bond donors (Lipinski definition) is 3. The predicted octanol–water partition coefficient (Wildman–Crippen LogP) is 6.15. The fourth-order valence-corrected chi connectivity index (χ4v) is 5.91. The number of rotatable bonds is 8. The fourth-order valence-electron chi connectivity index (χ4n) is 3.82. The van der Waals surface area contributed by atoms with Crippen molar-refractivity contribution in [1.29, 1.82) is 0 Å². The average Bonchev–Trinajstić information content (AvgIpc) is 3.39. The van der Waals surface area contributed by atoms with Crippen molar-refractivity contribution in [3.63, 3.8) is 0 Å². The average molecular weight is 636 g/mol. The van der Waals surface area contributed by atoms with Crippen LogP contribution in [0.25, 0.3) is 10.2 Å². The number of hydrogen-bond acceptors (Lipinski definition) is 8. The Morgan fingerprint density at radius 1 is 1.07 bits per heavy atom. The van der Waals surface area contributed by atoms with Crippen molar-refractivity contribution >= 4 is 60.7 Å². The van der Waals surface area contributed by atoms with E-state index in [1.165, 1.54) is 41.9 Å². The third-order valence-electron chi connectivity index (χ3n) is 5.90. The number of anilines is 2. The molecule has 0 saturated carbocycles. The van der Waals surface area contributed by atoms with E-state index in [0.717, 1.165) is 10.3 Å². The van der Waals surface area contributed by atoms with E-state index in [1.807, 2.05) is 11.6 Å². The molecule has 0 saturated heterocycles. The zero-order chi connectivity index (χ0) is 30.4. The quantitative estimate of drug-likeness (QED) is 0.175. The molecule has 2 amide bonds. The minimum absolute atomic E-state index is 0.0115. The van der Waals surface area contributed by atoms with Gasteiger partial charge in [-0.2, -0.15) is 0 Å². The molecule has 43 heavy (non-hydrogen) atoms. The molecule has 0 spiro atoms. The largest absolute Gasteiger partial charge is 0.487 e. The lowest BCUT2D eigenvalue weighted by molar-refractivity contribution is 0.247. The van der Waals surface area contributed by atoms with Crippen LogP contribution in [-0.2, 0) is 16.6 Å². The highest BCUT2D eigenvalue weighted by atomic mass is 35.5. The van der Waals surface area contributed by atoms with Crippen LogP contribution in [-0.4, -0.2) is 31.0 Å². The van der Waals surface area contributed by atoms with Crippen molar-refractivity contribution in [2.45, 2.75) is 18.4 Å². The lowest BCUT2D eigenvalue weighted by Crippen LogP contribution is -2.39. The molecule has 0 aliphatic heterocycles. The van der Waals surface area contributed by atoms with Crippen LogP contribution >= 0.6 is 22.9 Å². The molecule has 0 radical (unpaired) electrons. The van der Waals surface area contributed by atoms with Crippen LogP contribution in [0.5, 0.6) is 5.75 Å². The van der Waals surface area contributed by atoms with E-state index < -0.39 is 16.1 Å². The van der Waals surface area contributed by atoms with E-state index in [0.29, 0.717) is 38.2 Å². The third-order valence-corrected chi connectivity index (χ3v) is 8.59. The molecule has 5 aromatic rings. The van der Waals surface area contributed by atoms with Crippen molar-refractivity contribution in [2.24, 2.45) is 0 Å². The van der Waals surface area contributed by atoms with Crippen molar-refractivity contribution in [3.05, 3.63) is 106 Å². The normalized spacial score (nSPS) is 11.0. The Balaban J connectivity index is 1.19. The molecule has 9 nitrogen and oxygen atoms in total. The van der Waals surface area contributed by atoms with Crippen molar-refractivity contribution in [3.8, 4) is 17.6 Å². The van der Waals surface area contributed by atoms with Crippen LogP contribution in [0, 0.1) is 24.6 Å². The molecule has 0 aliphatic rings. The second-order valence-electron chi connectivity index (χ2n) is 9.14. The summed E-state index contributed by atoms with van der Waals surface area (Å²) in [6.07, 6.45) is 1.42. The summed E-state index contributed by atoms with van der Waals surface area (Å²) in [7, 11) is -3.99. The number of halogens is 2. The van der Waals surface area contributed by atoms with Gasteiger partial charge in [-0.15, -0.1) is 11.3 Å². The van der Waals surface area contributed by atoms with Crippen LogP contribution in [0.3, 0.4) is 0 Å². The molecular formula is C30H23ClFN5O4S2. The van der Waals surface area contributed by atoms with E-state index >= 15 is 0 Å². The standard InChI is InChI=1S/C30H23ClFN5O4S2/c1-19-7-10-24(11-8-19)43(39,40)37-30(38)33-13-3-6-23-16-26-28(42-23)29(35-18-34-26)36-22-9-12-27(25(31)15-22)41-17-20-4-2-5-21(32)14-20/h2,4-5,7-12,14-16,18H,13,17H2,1H3,(H2,33,37,38)(H,34,35,36). The van der Waals surface area contributed by atoms with Gasteiger partial charge >= 0.3 is 6.03 Å². The number of carbonyl (C=O) groups excluding carboxylic acids is 1. The summed E-state index contributed by atoms with van der Waals surface area (Å²) in [5.74, 6) is 6.42. The van der Waals surface area contributed by atoms with Gasteiger partial charge in [-0.3, -0.25) is 0 Å². The van der Waals surface area contributed by atoms with Crippen molar-refractivity contribution < 1.29 is 22.3 Å². The fraction of sp³-hybridized carbons (Fsp3) is 0.100. The predicted molar refractivity (Wildman–Crippen MR) is 165 cm³/mol. The number of nitrogens with one attached hydrogen (secondary N) is 3. The molecule has 0 bridgehead atoms. The monoisotopic (exact) mass is 635 g/mol. The van der Waals surface area contributed by atoms with Crippen molar-refractivity contribution in [1.82, 2.24) is 20.0 Å². The van der Waals surface area contributed by atoms with Gasteiger partial charge < -0.3 is 15.4 Å². The Hall–Kier alpha value is -4.70. The van der Waals surface area contributed by atoms with Gasteiger partial charge in [0, 0.05) is 5.69 Å². The van der Waals surface area contributed by atoms with E-state index in [2.05, 4.69) is 32.4 Å². The zero-order valence-corrected chi connectivity index (χ0v) is 24.9. The van der Waals surface area contributed by atoms with Crippen molar-refractivity contribution in [2.75, 3.05) is 11.9 Å². The number of benzene rings is 3. The molecule has 13 heteroatoms. The number of urea groups is 1. The number of thiophene rings is 1. The van der Waals surface area contributed by atoms with Gasteiger partial charge in [0.1, 0.15) is 24.5 Å². The molecule has 3 aromatic carbocycles. The van der Waals surface area contributed by atoms with Gasteiger partial charge in [-0.1, -0.05) is 53.3 Å². The number of sulfonamides is 1. The smallest absolute Gasteiger partial charge is 0.329 e. The number of nitrogens with zero attached hydrogens (tertiary/aromatic N) is 2. The van der Waals surface area contributed by atoms with Gasteiger partial charge in [-0.05, 0) is 61.0 Å². The lowest BCUT2D eigenvalue weighted by atomic mass is 10.2. The molecule has 0 atom stereocenters. The Labute approximate surface area is 256 Å². The molecule has 0 aliphatic carbocycles. The molecule has 0 unspecified atom stereocenters. The topological polar surface area (TPSA) is 122 Å². The van der Waals surface area contributed by atoms with E-state index in [-0.39, 0.29) is 23.9 Å². The summed E-state index contributed by atoms with van der Waals surface area (Å²) in [5, 5.41) is 6.02. The summed E-state index contributed by atoms with van der Waals surface area (Å²) >= 11 is 7.78. The second kappa shape index (κ2) is 13.1. The van der Waals surface area contributed by atoms with Gasteiger partial charge in [0.2, 0.25) is 0 Å². The second-order valence-corrected chi connectivity index (χ2v) is 12.3. The maximum absolute atomic E-state index is 13.4. The molecule has 2 aromatic heterocycles. The number of carbonyl (C=O) groups is 1. The molecule has 2 heterocycles. The van der Waals surface area contributed by atoms with Gasteiger partial charge in [0.05, 0.1) is 31.6 Å². The highest BCUT2D eigenvalue weighted by molar-refractivity contribution is 7.90. The number of amides is 2. The number of aryl methyl sites for hydroxylation is 1. The maximum Gasteiger partial charge on any atom is 0.329 e. The minimum atomic E-state index is -3.99. The first-order valence-corrected chi connectivity index (χ1v) is 15.4. The summed E-state index contributed by atoms with van der Waals surface area (Å²) in [4.78, 5) is 21.4. The van der Waals surface area contributed by atoms with Gasteiger partial charge in [0.15, 0.2) is 5.82 Å². The number of aromatic nitrogens is 2. The zero-order valence-electron chi connectivity index (χ0n) is 22.5. The Kier molecular flexibility index (Phi) is 9.06. The molecule has 5 rings (SSSR count). The highest BCUT2D eigenvalue weighted by Crippen LogP contribution is 2.33. The molecule has 3 N–H and O–H groups in total. The van der Waals surface area contributed by atoms with E-state index in [4.69, 9.17) is 16.3 Å². The first-order valence-electron chi connectivity index (χ1n) is 12.7. The van der Waals surface area contributed by atoms with Gasteiger partial charge in [-0.25, -0.2) is 32.3 Å². The number of fused-ring (bicyclic) bond motifs is 1. The van der Waals surface area contributed by atoms with E-state index in [1.54, 1.807) is 48.5 Å². The summed E-state index contributed by atoms with van der Waals surface area (Å²) in [5.41, 5.74) is 2.92. The minimum Gasteiger partial charge on any atom is -0.487 e. The molecule has 0 fully saturated rings. The Morgan fingerprint density at radius 3 is 2.65 bits per heavy atom. The molecular weight excluding hydrogens is 613 g/mol.